The van der Waals surface area contributed by atoms with Crippen LogP contribution in [0.2, 0.25) is 0 Å². The molecule has 1 saturated heterocycles. The molecule has 0 spiro atoms. The molecule has 0 aliphatic carbocycles. The molecule has 4 heteroatoms. The average Bonchev–Trinajstić information content (AvgIpc) is 2.84. The first-order valence-electron chi connectivity index (χ1n) is 5.78. The quantitative estimate of drug-likeness (QED) is 0.707. The third-order valence-electron chi connectivity index (χ3n) is 2.87. The van der Waals surface area contributed by atoms with Gasteiger partial charge in [-0.2, -0.15) is 5.10 Å². The molecule has 1 aliphatic heterocycles. The molecule has 1 aromatic heterocycles. The smallest absolute Gasteiger partial charge is 0.0762 e. The van der Waals surface area contributed by atoms with Gasteiger partial charge in [-0.15, -0.1) is 0 Å². The standard InChI is InChI=1S/C11H20N4/c1-10-8-11(14-13-10)9-12-4-7-15-5-2-3-6-15/h8,12H,2-7,9H2,1H3,(H,13,14). The lowest BCUT2D eigenvalue weighted by molar-refractivity contribution is 0.335. The van der Waals surface area contributed by atoms with Gasteiger partial charge in [0.2, 0.25) is 0 Å². The van der Waals surface area contributed by atoms with Gasteiger partial charge < -0.3 is 10.2 Å². The molecule has 1 fully saturated rings. The van der Waals surface area contributed by atoms with Crippen LogP contribution in [0.1, 0.15) is 24.2 Å². The molecule has 0 unspecified atom stereocenters. The third kappa shape index (κ3) is 3.32. The summed E-state index contributed by atoms with van der Waals surface area (Å²) in [6.07, 6.45) is 2.75. The first kappa shape index (κ1) is 10.6. The molecule has 1 aliphatic rings. The molecule has 0 atom stereocenters. The van der Waals surface area contributed by atoms with Gasteiger partial charge in [-0.1, -0.05) is 0 Å². The number of rotatable bonds is 5. The molecule has 0 radical (unpaired) electrons. The maximum atomic E-state index is 4.18. The van der Waals surface area contributed by atoms with Crippen LogP contribution in [-0.2, 0) is 6.54 Å². The summed E-state index contributed by atoms with van der Waals surface area (Å²) in [7, 11) is 0. The van der Waals surface area contributed by atoms with Crippen molar-refractivity contribution in [2.45, 2.75) is 26.3 Å². The molecule has 0 aromatic carbocycles. The van der Waals surface area contributed by atoms with Gasteiger partial charge in [0, 0.05) is 25.3 Å². The molecule has 84 valence electrons. The fraction of sp³-hybridized carbons (Fsp3) is 0.727. The zero-order valence-corrected chi connectivity index (χ0v) is 9.42. The molecule has 0 saturated carbocycles. The van der Waals surface area contributed by atoms with E-state index in [-0.39, 0.29) is 0 Å². The van der Waals surface area contributed by atoms with Crippen LogP contribution in [0.4, 0.5) is 0 Å². The Bertz CT molecular complexity index is 289. The SMILES string of the molecule is Cc1cc(CNCCN2CCCC2)n[nH]1. The van der Waals surface area contributed by atoms with Crippen LogP contribution in [0.25, 0.3) is 0 Å². The van der Waals surface area contributed by atoms with E-state index in [9.17, 15) is 0 Å². The van der Waals surface area contributed by atoms with E-state index in [1.54, 1.807) is 0 Å². The zero-order valence-electron chi connectivity index (χ0n) is 9.42. The Labute approximate surface area is 91.1 Å². The van der Waals surface area contributed by atoms with Gasteiger partial charge in [0.1, 0.15) is 0 Å². The number of likely N-dealkylation sites (tertiary alicyclic amines) is 1. The Hall–Kier alpha value is -0.870. The predicted molar refractivity (Wildman–Crippen MR) is 60.7 cm³/mol. The summed E-state index contributed by atoms with van der Waals surface area (Å²) in [5.41, 5.74) is 2.24. The number of hydrogen-bond acceptors (Lipinski definition) is 3. The first-order valence-corrected chi connectivity index (χ1v) is 5.78. The highest BCUT2D eigenvalue weighted by atomic mass is 15.2. The van der Waals surface area contributed by atoms with Crippen molar-refractivity contribution in [3.8, 4) is 0 Å². The molecule has 4 nitrogen and oxygen atoms in total. The van der Waals surface area contributed by atoms with Gasteiger partial charge in [-0.05, 0) is 38.9 Å². The van der Waals surface area contributed by atoms with Crippen molar-refractivity contribution in [1.29, 1.82) is 0 Å². The lowest BCUT2D eigenvalue weighted by atomic mass is 10.3. The van der Waals surface area contributed by atoms with Gasteiger partial charge in [-0.3, -0.25) is 5.10 Å². The van der Waals surface area contributed by atoms with Crippen LogP contribution < -0.4 is 5.32 Å². The van der Waals surface area contributed by atoms with Gasteiger partial charge in [0.25, 0.3) is 0 Å². The number of aromatic nitrogens is 2. The van der Waals surface area contributed by atoms with Crippen molar-refractivity contribution in [3.05, 3.63) is 17.5 Å². The van der Waals surface area contributed by atoms with Crippen LogP contribution >= 0.6 is 0 Å². The minimum Gasteiger partial charge on any atom is -0.310 e. The van der Waals surface area contributed by atoms with E-state index in [0.29, 0.717) is 0 Å². The third-order valence-corrected chi connectivity index (χ3v) is 2.87. The number of aromatic amines is 1. The second-order valence-electron chi connectivity index (χ2n) is 4.27. The van der Waals surface area contributed by atoms with Crippen LogP contribution in [0.5, 0.6) is 0 Å². The predicted octanol–water partition coefficient (Wildman–Crippen LogP) is 0.904. The summed E-state index contributed by atoms with van der Waals surface area (Å²) in [5.74, 6) is 0. The Morgan fingerprint density at radius 2 is 2.27 bits per heavy atom. The molecular weight excluding hydrogens is 188 g/mol. The van der Waals surface area contributed by atoms with Crippen molar-refractivity contribution in [1.82, 2.24) is 20.4 Å². The van der Waals surface area contributed by atoms with Crippen LogP contribution in [0, 0.1) is 6.92 Å². The molecule has 0 amide bonds. The van der Waals surface area contributed by atoms with Gasteiger partial charge >= 0.3 is 0 Å². The van der Waals surface area contributed by atoms with Crippen LogP contribution in [0.3, 0.4) is 0 Å². The highest BCUT2D eigenvalue weighted by molar-refractivity contribution is 5.06. The van der Waals surface area contributed by atoms with Crippen LogP contribution in [0.15, 0.2) is 6.07 Å². The van der Waals surface area contributed by atoms with Crippen molar-refractivity contribution in [2.75, 3.05) is 26.2 Å². The number of nitrogens with one attached hydrogen (secondary N) is 2. The van der Waals surface area contributed by atoms with Crippen molar-refractivity contribution < 1.29 is 0 Å². The Balaban J connectivity index is 1.58. The zero-order chi connectivity index (χ0) is 10.5. The topological polar surface area (TPSA) is 44.0 Å². The minimum atomic E-state index is 0.873. The normalized spacial score (nSPS) is 17.4. The Morgan fingerprint density at radius 1 is 1.47 bits per heavy atom. The van der Waals surface area contributed by atoms with Crippen molar-refractivity contribution >= 4 is 0 Å². The minimum absolute atomic E-state index is 0.873. The highest BCUT2D eigenvalue weighted by Crippen LogP contribution is 2.05. The summed E-state index contributed by atoms with van der Waals surface area (Å²) in [4.78, 5) is 2.52. The molecule has 2 heterocycles. The second-order valence-corrected chi connectivity index (χ2v) is 4.27. The Morgan fingerprint density at radius 3 is 2.93 bits per heavy atom. The fourth-order valence-electron chi connectivity index (χ4n) is 2.02. The van der Waals surface area contributed by atoms with E-state index in [2.05, 4.69) is 26.5 Å². The van der Waals surface area contributed by atoms with Gasteiger partial charge in [0.05, 0.1) is 5.69 Å². The maximum Gasteiger partial charge on any atom is 0.0762 e. The largest absolute Gasteiger partial charge is 0.310 e. The maximum absolute atomic E-state index is 4.18. The first-order chi connectivity index (χ1) is 7.34. The Kier molecular flexibility index (Phi) is 3.75. The molecule has 2 rings (SSSR count). The van der Waals surface area contributed by atoms with E-state index < -0.39 is 0 Å². The van der Waals surface area contributed by atoms with Crippen molar-refractivity contribution in [3.63, 3.8) is 0 Å². The number of H-pyrrole nitrogens is 1. The van der Waals surface area contributed by atoms with Crippen LogP contribution in [-0.4, -0.2) is 41.3 Å². The van der Waals surface area contributed by atoms with E-state index in [1.165, 1.54) is 32.5 Å². The average molecular weight is 208 g/mol. The number of nitrogens with zero attached hydrogens (tertiary/aromatic N) is 2. The van der Waals surface area contributed by atoms with Gasteiger partial charge in [0.15, 0.2) is 0 Å². The lowest BCUT2D eigenvalue weighted by Crippen LogP contribution is -2.29. The van der Waals surface area contributed by atoms with E-state index in [1.807, 2.05) is 6.92 Å². The number of hydrogen-bond donors (Lipinski definition) is 2. The summed E-state index contributed by atoms with van der Waals surface area (Å²) in [6, 6.07) is 2.09. The molecule has 0 bridgehead atoms. The van der Waals surface area contributed by atoms with E-state index in [0.717, 1.165) is 24.5 Å². The summed E-state index contributed by atoms with van der Waals surface area (Å²) >= 11 is 0. The number of aryl methyl sites for hydroxylation is 1. The van der Waals surface area contributed by atoms with E-state index >= 15 is 0 Å². The molecular formula is C11H20N4. The molecule has 1 aromatic rings. The highest BCUT2D eigenvalue weighted by Gasteiger charge is 2.09. The van der Waals surface area contributed by atoms with Crippen molar-refractivity contribution in [2.24, 2.45) is 0 Å². The molecule has 15 heavy (non-hydrogen) atoms. The van der Waals surface area contributed by atoms with Gasteiger partial charge in [-0.25, -0.2) is 0 Å². The summed E-state index contributed by atoms with van der Waals surface area (Å²) < 4.78 is 0. The lowest BCUT2D eigenvalue weighted by Gasteiger charge is -2.14. The molecule has 2 N–H and O–H groups in total. The second kappa shape index (κ2) is 5.28. The monoisotopic (exact) mass is 208 g/mol. The fourth-order valence-corrected chi connectivity index (χ4v) is 2.02. The summed E-state index contributed by atoms with van der Waals surface area (Å²) in [5, 5.41) is 10.6. The van der Waals surface area contributed by atoms with E-state index in [4.69, 9.17) is 0 Å². The summed E-state index contributed by atoms with van der Waals surface area (Å²) in [6.45, 7) is 7.70.